The Morgan fingerprint density at radius 2 is 2.30 bits per heavy atom. The van der Waals surface area contributed by atoms with Gasteiger partial charge in [-0.25, -0.2) is 0 Å². The summed E-state index contributed by atoms with van der Waals surface area (Å²) in [5, 5.41) is 9.60. The molecule has 0 bridgehead atoms. The third-order valence-electron chi connectivity index (χ3n) is 2.39. The molecule has 1 nitrogen and oxygen atoms in total. The summed E-state index contributed by atoms with van der Waals surface area (Å²) in [6.45, 7) is 2.07. The quantitative estimate of drug-likeness (QED) is 0.618. The van der Waals surface area contributed by atoms with Crippen molar-refractivity contribution in [3.05, 3.63) is 0 Å². The van der Waals surface area contributed by atoms with Crippen LogP contribution in [0.15, 0.2) is 0 Å². The highest BCUT2D eigenvalue weighted by Gasteiger charge is 2.29. The zero-order valence-corrected chi connectivity index (χ0v) is 7.14. The van der Waals surface area contributed by atoms with Crippen LogP contribution in [0.4, 0.5) is 0 Å². The van der Waals surface area contributed by atoms with Crippen LogP contribution in [0.25, 0.3) is 0 Å². The Kier molecular flexibility index (Phi) is 2.99. The molecule has 1 aliphatic rings. The van der Waals surface area contributed by atoms with Gasteiger partial charge in [0.15, 0.2) is 0 Å². The number of rotatable bonds is 2. The Morgan fingerprint density at radius 3 is 2.70 bits per heavy atom. The minimum Gasteiger partial charge on any atom is -0.393 e. The fraction of sp³-hybridized carbons (Fsp3) is 1.00. The van der Waals surface area contributed by atoms with Crippen molar-refractivity contribution in [2.75, 3.05) is 0 Å². The van der Waals surface area contributed by atoms with Gasteiger partial charge in [0.1, 0.15) is 0 Å². The van der Waals surface area contributed by atoms with Gasteiger partial charge in [-0.15, -0.1) is 11.6 Å². The molecule has 1 fully saturated rings. The molecule has 0 aromatic heterocycles. The van der Waals surface area contributed by atoms with E-state index in [-0.39, 0.29) is 11.5 Å². The largest absolute Gasteiger partial charge is 0.393 e. The Labute approximate surface area is 67.4 Å². The van der Waals surface area contributed by atoms with Gasteiger partial charge in [0.2, 0.25) is 0 Å². The van der Waals surface area contributed by atoms with E-state index in [1.807, 2.05) is 0 Å². The topological polar surface area (TPSA) is 20.2 Å². The molecule has 0 radical (unpaired) electrons. The van der Waals surface area contributed by atoms with Crippen molar-refractivity contribution in [2.45, 2.75) is 44.1 Å². The fourth-order valence-corrected chi connectivity index (χ4v) is 1.99. The second-order valence-electron chi connectivity index (χ2n) is 3.09. The minimum absolute atomic E-state index is 0.123. The summed E-state index contributed by atoms with van der Waals surface area (Å²) in [5.41, 5.74) is 0. The smallest absolute Gasteiger partial charge is 0.0582 e. The predicted molar refractivity (Wildman–Crippen MR) is 43.3 cm³/mol. The lowest BCUT2D eigenvalue weighted by atomic mass is 10.00. The number of hydrogen-bond acceptors (Lipinski definition) is 1. The summed E-state index contributed by atoms with van der Waals surface area (Å²) >= 11 is 6.01. The van der Waals surface area contributed by atoms with Crippen molar-refractivity contribution in [3.63, 3.8) is 0 Å². The molecule has 60 valence electrons. The van der Waals surface area contributed by atoms with Crippen LogP contribution < -0.4 is 0 Å². The van der Waals surface area contributed by atoms with E-state index in [2.05, 4.69) is 6.92 Å². The third kappa shape index (κ3) is 1.64. The minimum atomic E-state index is -0.123. The predicted octanol–water partition coefficient (Wildman–Crippen LogP) is 2.16. The first kappa shape index (κ1) is 8.35. The Bertz CT molecular complexity index is 105. The molecule has 0 aromatic rings. The van der Waals surface area contributed by atoms with Gasteiger partial charge >= 0.3 is 0 Å². The molecule has 2 heteroatoms. The number of aliphatic hydroxyl groups excluding tert-OH is 1. The summed E-state index contributed by atoms with van der Waals surface area (Å²) in [5.74, 6) is 0.367. The molecular formula is C8H15ClO. The molecule has 1 aliphatic carbocycles. The van der Waals surface area contributed by atoms with Gasteiger partial charge in [0.05, 0.1) is 6.10 Å². The Hall–Kier alpha value is 0.250. The van der Waals surface area contributed by atoms with E-state index in [1.54, 1.807) is 0 Å². The van der Waals surface area contributed by atoms with E-state index in [4.69, 9.17) is 11.6 Å². The number of hydrogen-bond donors (Lipinski definition) is 1. The maximum atomic E-state index is 9.41. The summed E-state index contributed by atoms with van der Waals surface area (Å²) in [6.07, 6.45) is 4.07. The normalized spacial score (nSPS) is 36.3. The van der Waals surface area contributed by atoms with Crippen molar-refractivity contribution in [1.82, 2.24) is 0 Å². The van der Waals surface area contributed by atoms with Gasteiger partial charge in [0, 0.05) is 11.3 Å². The molecule has 0 heterocycles. The van der Waals surface area contributed by atoms with Gasteiger partial charge < -0.3 is 5.11 Å². The second-order valence-corrected chi connectivity index (χ2v) is 3.65. The molecule has 1 rings (SSSR count). The van der Waals surface area contributed by atoms with E-state index in [1.165, 1.54) is 0 Å². The first-order valence-corrected chi connectivity index (χ1v) is 4.51. The van der Waals surface area contributed by atoms with E-state index in [0.29, 0.717) is 5.92 Å². The Balaban J connectivity index is 2.38. The number of aliphatic hydroxyl groups is 1. The van der Waals surface area contributed by atoms with Crippen LogP contribution in [0.1, 0.15) is 32.6 Å². The molecular weight excluding hydrogens is 148 g/mol. The highest BCUT2D eigenvalue weighted by atomic mass is 35.5. The first-order valence-electron chi connectivity index (χ1n) is 4.07. The molecule has 0 aromatic carbocycles. The summed E-state index contributed by atoms with van der Waals surface area (Å²) in [4.78, 5) is 0. The SMILES string of the molecule is CCC(Cl)C1CCCC1O. The van der Waals surface area contributed by atoms with Gasteiger partial charge in [-0.3, -0.25) is 0 Å². The van der Waals surface area contributed by atoms with Crippen LogP contribution in [-0.4, -0.2) is 16.6 Å². The van der Waals surface area contributed by atoms with Crippen molar-refractivity contribution < 1.29 is 5.11 Å². The van der Waals surface area contributed by atoms with Crippen molar-refractivity contribution in [3.8, 4) is 0 Å². The van der Waals surface area contributed by atoms with Crippen LogP contribution >= 0.6 is 11.6 Å². The molecule has 0 saturated heterocycles. The molecule has 0 spiro atoms. The second kappa shape index (κ2) is 3.59. The Morgan fingerprint density at radius 1 is 1.60 bits per heavy atom. The van der Waals surface area contributed by atoms with Crippen LogP contribution in [0.5, 0.6) is 0 Å². The van der Waals surface area contributed by atoms with E-state index < -0.39 is 0 Å². The molecule has 3 unspecified atom stereocenters. The monoisotopic (exact) mass is 162 g/mol. The molecule has 10 heavy (non-hydrogen) atoms. The lowest BCUT2D eigenvalue weighted by molar-refractivity contribution is 0.129. The van der Waals surface area contributed by atoms with Gasteiger partial charge in [-0.2, -0.15) is 0 Å². The first-order chi connectivity index (χ1) is 4.75. The highest BCUT2D eigenvalue weighted by molar-refractivity contribution is 6.20. The fourth-order valence-electron chi connectivity index (χ4n) is 1.69. The van der Waals surface area contributed by atoms with E-state index >= 15 is 0 Å². The lowest BCUT2D eigenvalue weighted by Crippen LogP contribution is -2.22. The van der Waals surface area contributed by atoms with Crippen molar-refractivity contribution >= 4 is 11.6 Å². The average molecular weight is 163 g/mol. The van der Waals surface area contributed by atoms with Crippen molar-refractivity contribution in [1.29, 1.82) is 0 Å². The molecule has 3 atom stereocenters. The van der Waals surface area contributed by atoms with E-state index in [9.17, 15) is 5.11 Å². The zero-order valence-electron chi connectivity index (χ0n) is 6.39. The average Bonchev–Trinajstić information content (AvgIpc) is 2.34. The standard InChI is InChI=1S/C8H15ClO/c1-2-7(9)6-4-3-5-8(6)10/h6-8,10H,2-5H2,1H3. The molecule has 0 amide bonds. The molecule has 1 N–H and O–H groups in total. The van der Waals surface area contributed by atoms with E-state index in [0.717, 1.165) is 25.7 Å². The summed E-state index contributed by atoms with van der Waals surface area (Å²) in [6, 6.07) is 0. The summed E-state index contributed by atoms with van der Waals surface area (Å²) in [7, 11) is 0. The van der Waals surface area contributed by atoms with Crippen molar-refractivity contribution in [2.24, 2.45) is 5.92 Å². The zero-order chi connectivity index (χ0) is 7.56. The van der Waals surface area contributed by atoms with Crippen LogP contribution in [0.3, 0.4) is 0 Å². The third-order valence-corrected chi connectivity index (χ3v) is 3.02. The number of halogens is 1. The maximum absolute atomic E-state index is 9.41. The van der Waals surface area contributed by atoms with Crippen LogP contribution in [-0.2, 0) is 0 Å². The highest BCUT2D eigenvalue weighted by Crippen LogP contribution is 2.32. The van der Waals surface area contributed by atoms with Gasteiger partial charge in [-0.05, 0) is 19.3 Å². The van der Waals surface area contributed by atoms with Gasteiger partial charge in [-0.1, -0.05) is 13.3 Å². The molecule has 1 saturated carbocycles. The molecule has 0 aliphatic heterocycles. The summed E-state index contributed by atoms with van der Waals surface area (Å²) < 4.78 is 0. The number of alkyl halides is 1. The van der Waals surface area contributed by atoms with Crippen LogP contribution in [0.2, 0.25) is 0 Å². The maximum Gasteiger partial charge on any atom is 0.0582 e. The van der Waals surface area contributed by atoms with Crippen LogP contribution in [0, 0.1) is 5.92 Å². The van der Waals surface area contributed by atoms with Gasteiger partial charge in [0.25, 0.3) is 0 Å². The lowest BCUT2D eigenvalue weighted by Gasteiger charge is -2.18.